The van der Waals surface area contributed by atoms with Crippen LogP contribution in [-0.2, 0) is 4.79 Å². The molecule has 0 N–H and O–H groups in total. The molecule has 1 aromatic carbocycles. The van der Waals surface area contributed by atoms with Gasteiger partial charge in [-0.2, -0.15) is 0 Å². The van der Waals surface area contributed by atoms with Crippen LogP contribution < -0.4 is 19.6 Å². The molecule has 3 heterocycles. The Kier molecular flexibility index (Phi) is 4.98. The lowest BCUT2D eigenvalue weighted by Crippen LogP contribution is -2.39. The molecule has 0 radical (unpaired) electrons. The first-order chi connectivity index (χ1) is 14.0. The molecule has 4 rings (SSSR count). The second-order valence-electron chi connectivity index (χ2n) is 6.67. The Morgan fingerprint density at radius 1 is 1.24 bits per heavy atom. The molecule has 146 valence electrons. The van der Waals surface area contributed by atoms with E-state index in [9.17, 15) is 9.59 Å². The molecule has 0 unspecified atom stereocenters. The van der Waals surface area contributed by atoms with E-state index in [-0.39, 0.29) is 11.3 Å². The van der Waals surface area contributed by atoms with Gasteiger partial charge in [-0.15, -0.1) is 0 Å². The Morgan fingerprint density at radius 3 is 2.72 bits per heavy atom. The van der Waals surface area contributed by atoms with Gasteiger partial charge >= 0.3 is 0 Å². The number of hydrogen-bond acceptors (Lipinski definition) is 6. The summed E-state index contributed by atoms with van der Waals surface area (Å²) in [5.41, 5.74) is 2.50. The molecule has 1 atom stereocenters. The minimum Gasteiger partial charge on any atom is -0.496 e. The van der Waals surface area contributed by atoms with E-state index in [2.05, 4.69) is 9.98 Å². The Morgan fingerprint density at radius 2 is 2.03 bits per heavy atom. The third-order valence-electron chi connectivity index (χ3n) is 4.82. The van der Waals surface area contributed by atoms with E-state index >= 15 is 0 Å². The fourth-order valence-electron chi connectivity index (χ4n) is 3.57. The van der Waals surface area contributed by atoms with Gasteiger partial charge in [-0.1, -0.05) is 35.6 Å². The lowest BCUT2D eigenvalue weighted by molar-refractivity contribution is -0.114. The first-order valence-electron chi connectivity index (χ1n) is 9.07. The largest absolute Gasteiger partial charge is 0.496 e. The molecule has 0 saturated carbocycles. The lowest BCUT2D eigenvalue weighted by Gasteiger charge is -2.25. The van der Waals surface area contributed by atoms with Gasteiger partial charge in [0.2, 0.25) is 0 Å². The van der Waals surface area contributed by atoms with Crippen molar-refractivity contribution in [3.63, 3.8) is 0 Å². The fourth-order valence-corrected chi connectivity index (χ4v) is 4.62. The van der Waals surface area contributed by atoms with Crippen molar-refractivity contribution in [3.05, 3.63) is 90.9 Å². The monoisotopic (exact) mass is 405 g/mol. The van der Waals surface area contributed by atoms with Crippen molar-refractivity contribution in [1.29, 1.82) is 0 Å². The second-order valence-corrected chi connectivity index (χ2v) is 7.68. The first kappa shape index (κ1) is 19.0. The van der Waals surface area contributed by atoms with Gasteiger partial charge in [0.05, 0.1) is 17.7 Å². The Hall–Kier alpha value is -3.32. The third kappa shape index (κ3) is 3.34. The van der Waals surface area contributed by atoms with Crippen molar-refractivity contribution < 1.29 is 9.53 Å². The molecule has 7 heteroatoms. The van der Waals surface area contributed by atoms with Crippen LogP contribution in [0.4, 0.5) is 0 Å². The summed E-state index contributed by atoms with van der Waals surface area (Å²) in [6.07, 6.45) is 5.17. The van der Waals surface area contributed by atoms with Crippen molar-refractivity contribution in [1.82, 2.24) is 9.55 Å². The molecular formula is C22H19N3O3S. The van der Waals surface area contributed by atoms with Crippen LogP contribution in [0.5, 0.6) is 5.75 Å². The highest BCUT2D eigenvalue weighted by Crippen LogP contribution is 2.35. The number of ketones is 1. The van der Waals surface area contributed by atoms with Gasteiger partial charge in [0.25, 0.3) is 5.56 Å². The number of carbonyl (C=O) groups is 1. The lowest BCUT2D eigenvalue weighted by atomic mass is 9.93. The average Bonchev–Trinajstić information content (AvgIpc) is 3.02. The fraction of sp³-hybridized carbons (Fsp3) is 0.182. The molecule has 0 bridgehead atoms. The highest BCUT2D eigenvalue weighted by atomic mass is 32.1. The minimum atomic E-state index is -0.587. The van der Waals surface area contributed by atoms with Crippen LogP contribution >= 0.6 is 11.3 Å². The zero-order valence-electron chi connectivity index (χ0n) is 16.2. The molecule has 3 aromatic rings. The van der Waals surface area contributed by atoms with Crippen molar-refractivity contribution >= 4 is 23.2 Å². The third-order valence-corrected chi connectivity index (χ3v) is 5.80. The SMILES string of the molecule is COc1ccccc1[C@H]1C(C(C)=O)=C(C)N=c2s/c(=C\c3cccnc3)c(=O)n21. The summed E-state index contributed by atoms with van der Waals surface area (Å²) in [5, 5.41) is 0. The Bertz CT molecular complexity index is 1300. The zero-order chi connectivity index (χ0) is 20.5. The zero-order valence-corrected chi connectivity index (χ0v) is 17.1. The minimum absolute atomic E-state index is 0.122. The number of benzene rings is 1. The summed E-state index contributed by atoms with van der Waals surface area (Å²) in [4.78, 5) is 35.1. The summed E-state index contributed by atoms with van der Waals surface area (Å²) < 4.78 is 7.65. The maximum atomic E-state index is 13.4. The second kappa shape index (κ2) is 7.60. The van der Waals surface area contributed by atoms with Gasteiger partial charge in [-0.3, -0.25) is 19.1 Å². The van der Waals surface area contributed by atoms with Crippen molar-refractivity contribution in [3.8, 4) is 5.75 Å². The van der Waals surface area contributed by atoms with E-state index in [1.54, 1.807) is 37.1 Å². The van der Waals surface area contributed by atoms with Gasteiger partial charge in [0.15, 0.2) is 10.6 Å². The van der Waals surface area contributed by atoms with E-state index in [1.165, 1.54) is 18.3 Å². The molecular weight excluding hydrogens is 386 g/mol. The first-order valence-corrected chi connectivity index (χ1v) is 9.89. The number of nitrogens with zero attached hydrogens (tertiary/aromatic N) is 3. The van der Waals surface area contributed by atoms with E-state index in [0.717, 1.165) is 11.1 Å². The summed E-state index contributed by atoms with van der Waals surface area (Å²) in [7, 11) is 1.58. The molecule has 1 aliphatic heterocycles. The average molecular weight is 405 g/mol. The van der Waals surface area contributed by atoms with Crippen LogP contribution in [0, 0.1) is 0 Å². The number of fused-ring (bicyclic) bond motifs is 1. The topological polar surface area (TPSA) is 73.6 Å². The molecule has 6 nitrogen and oxygen atoms in total. The van der Waals surface area contributed by atoms with Crippen molar-refractivity contribution in [2.45, 2.75) is 19.9 Å². The van der Waals surface area contributed by atoms with E-state index in [4.69, 9.17) is 4.74 Å². The molecule has 29 heavy (non-hydrogen) atoms. The molecule has 0 saturated heterocycles. The number of hydrogen-bond donors (Lipinski definition) is 0. The number of para-hydroxylation sites is 1. The molecule has 0 amide bonds. The van der Waals surface area contributed by atoms with Crippen LogP contribution in [-0.4, -0.2) is 22.4 Å². The summed E-state index contributed by atoms with van der Waals surface area (Å²) in [5.74, 6) is 0.497. The van der Waals surface area contributed by atoms with Crippen molar-refractivity contribution in [2.75, 3.05) is 7.11 Å². The number of thiazole rings is 1. The number of methoxy groups -OCH3 is 1. The molecule has 2 aromatic heterocycles. The van der Waals surface area contributed by atoms with Crippen LogP contribution in [0.1, 0.15) is 31.0 Å². The number of pyridine rings is 1. The van der Waals surface area contributed by atoms with Gasteiger partial charge in [-0.25, -0.2) is 4.99 Å². The number of Topliss-reactive ketones (excluding diaryl/α,β-unsaturated/α-hetero) is 1. The van der Waals surface area contributed by atoms with Gasteiger partial charge < -0.3 is 4.74 Å². The number of aromatic nitrogens is 2. The van der Waals surface area contributed by atoms with E-state index in [0.29, 0.717) is 26.4 Å². The molecule has 0 spiro atoms. The normalized spacial score (nSPS) is 16.4. The smallest absolute Gasteiger partial charge is 0.271 e. The summed E-state index contributed by atoms with van der Waals surface area (Å²) >= 11 is 1.30. The number of carbonyl (C=O) groups excluding carboxylic acids is 1. The van der Waals surface area contributed by atoms with Crippen LogP contribution in [0.3, 0.4) is 0 Å². The highest BCUT2D eigenvalue weighted by molar-refractivity contribution is 7.07. The predicted molar refractivity (Wildman–Crippen MR) is 112 cm³/mol. The quantitative estimate of drug-likeness (QED) is 0.667. The summed E-state index contributed by atoms with van der Waals surface area (Å²) in [6.45, 7) is 3.30. The van der Waals surface area contributed by atoms with E-state index < -0.39 is 6.04 Å². The van der Waals surface area contributed by atoms with Crippen LogP contribution in [0.2, 0.25) is 0 Å². The summed E-state index contributed by atoms with van der Waals surface area (Å²) in [6, 6.07) is 10.6. The number of rotatable bonds is 4. The number of ether oxygens (including phenoxy) is 1. The maximum absolute atomic E-state index is 13.4. The molecule has 1 aliphatic rings. The van der Waals surface area contributed by atoms with Gasteiger partial charge in [0.1, 0.15) is 5.75 Å². The molecule has 0 fully saturated rings. The standard InChI is InChI=1S/C22H19N3O3S/c1-13-19(14(2)26)20(16-8-4-5-9-17(16)28-3)25-21(27)18(29-22(25)24-13)11-15-7-6-10-23-12-15/h4-12,20H,1-3H3/b18-11-/t20-/m0/s1. The van der Waals surface area contributed by atoms with Gasteiger partial charge in [0, 0.05) is 29.2 Å². The van der Waals surface area contributed by atoms with E-state index in [1.807, 2.05) is 36.4 Å². The van der Waals surface area contributed by atoms with Crippen molar-refractivity contribution in [2.24, 2.45) is 4.99 Å². The molecule has 0 aliphatic carbocycles. The van der Waals surface area contributed by atoms with Gasteiger partial charge in [-0.05, 0) is 37.6 Å². The van der Waals surface area contributed by atoms with Crippen LogP contribution in [0.15, 0.2) is 69.8 Å². The Labute approximate surface area is 171 Å². The predicted octanol–water partition coefficient (Wildman–Crippen LogP) is 2.23. The number of allylic oxidation sites excluding steroid dienone is 2. The highest BCUT2D eigenvalue weighted by Gasteiger charge is 2.32. The maximum Gasteiger partial charge on any atom is 0.271 e. The van der Waals surface area contributed by atoms with Crippen LogP contribution in [0.25, 0.3) is 6.08 Å². The Balaban J connectivity index is 2.03.